The molecule has 130 valence electrons. The van der Waals surface area contributed by atoms with Gasteiger partial charge in [-0.1, -0.05) is 0 Å². The van der Waals surface area contributed by atoms with E-state index in [4.69, 9.17) is 0 Å². The van der Waals surface area contributed by atoms with Crippen molar-refractivity contribution in [2.45, 2.75) is 18.9 Å². The number of urea groups is 1. The number of likely N-dealkylation sites (tertiary alicyclic amines) is 1. The molecule has 4 rings (SSSR count). The van der Waals surface area contributed by atoms with Crippen LogP contribution >= 0.6 is 0 Å². The number of hydrogen-bond donors (Lipinski definition) is 2. The highest BCUT2D eigenvalue weighted by Gasteiger charge is 2.33. The lowest BCUT2D eigenvalue weighted by Gasteiger charge is -2.25. The molecule has 2 N–H and O–H groups in total. The number of nitrogens with zero attached hydrogens (tertiary/aromatic N) is 2. The van der Waals surface area contributed by atoms with E-state index in [0.29, 0.717) is 25.3 Å². The molecule has 1 atom stereocenters. The Balaban J connectivity index is 1.64. The predicted octanol–water partition coefficient (Wildman–Crippen LogP) is 2.66. The summed E-state index contributed by atoms with van der Waals surface area (Å²) >= 11 is 0. The number of nitrogens with one attached hydrogen (secondary N) is 2. The van der Waals surface area contributed by atoms with Crippen molar-refractivity contribution in [1.82, 2.24) is 15.2 Å². The number of benzene rings is 1. The van der Waals surface area contributed by atoms with Gasteiger partial charge in [-0.3, -0.25) is 9.69 Å². The molecule has 25 heavy (non-hydrogen) atoms. The number of H-pyrrole nitrogens is 1. The Bertz CT molecular complexity index is 805. The fraction of sp³-hybridized carbons (Fsp3) is 0.333. The summed E-state index contributed by atoms with van der Waals surface area (Å²) in [6.45, 7) is 1.64. The third-order valence-electron chi connectivity index (χ3n) is 4.84. The molecule has 0 aliphatic carbocycles. The van der Waals surface area contributed by atoms with Gasteiger partial charge in [0.15, 0.2) is 0 Å². The molecule has 2 fully saturated rings. The van der Waals surface area contributed by atoms with Crippen molar-refractivity contribution in [2.24, 2.45) is 0 Å². The normalized spacial score (nSPS) is 20.2. The van der Waals surface area contributed by atoms with Crippen LogP contribution in [0.15, 0.2) is 36.5 Å². The fourth-order valence-electron chi connectivity index (χ4n) is 3.60. The molecule has 2 aromatic rings. The Morgan fingerprint density at radius 2 is 2.12 bits per heavy atom. The molecule has 7 heteroatoms. The number of rotatable bonds is 3. The molecule has 2 aliphatic rings. The molecule has 1 aromatic carbocycles. The molecule has 0 radical (unpaired) electrons. The Hall–Kier alpha value is -2.83. The van der Waals surface area contributed by atoms with Crippen LogP contribution in [-0.2, 0) is 0 Å². The summed E-state index contributed by atoms with van der Waals surface area (Å²) in [5.74, 6) is -0.901. The van der Waals surface area contributed by atoms with Crippen molar-refractivity contribution in [2.75, 3.05) is 24.5 Å². The van der Waals surface area contributed by atoms with Crippen molar-refractivity contribution in [3.05, 3.63) is 53.6 Å². The van der Waals surface area contributed by atoms with Gasteiger partial charge in [0.2, 0.25) is 0 Å². The predicted molar refractivity (Wildman–Crippen MR) is 90.9 cm³/mol. The second-order valence-corrected chi connectivity index (χ2v) is 6.33. The molecule has 0 bridgehead atoms. The largest absolute Gasteiger partial charge is 0.363 e. The maximum atomic E-state index is 14.4. The first-order valence-electron chi connectivity index (χ1n) is 8.44. The van der Waals surface area contributed by atoms with Gasteiger partial charge in [0.25, 0.3) is 5.91 Å². The van der Waals surface area contributed by atoms with Crippen LogP contribution in [0.25, 0.3) is 0 Å². The molecule has 0 unspecified atom stereocenters. The van der Waals surface area contributed by atoms with Crippen LogP contribution in [0, 0.1) is 5.82 Å². The van der Waals surface area contributed by atoms with Gasteiger partial charge in [-0.2, -0.15) is 0 Å². The zero-order valence-corrected chi connectivity index (χ0v) is 13.7. The van der Waals surface area contributed by atoms with E-state index in [1.165, 1.54) is 23.1 Å². The Kier molecular flexibility index (Phi) is 3.91. The second kappa shape index (κ2) is 6.23. The molecule has 0 saturated carbocycles. The maximum Gasteiger partial charge on any atom is 0.321 e. The topological polar surface area (TPSA) is 68.4 Å². The molecule has 0 spiro atoms. The third kappa shape index (κ3) is 2.75. The van der Waals surface area contributed by atoms with Crippen molar-refractivity contribution < 1.29 is 14.0 Å². The van der Waals surface area contributed by atoms with Crippen molar-refractivity contribution in [3.8, 4) is 0 Å². The number of aromatic nitrogens is 1. The Morgan fingerprint density at radius 3 is 2.84 bits per heavy atom. The third-order valence-corrected chi connectivity index (χ3v) is 4.84. The highest BCUT2D eigenvalue weighted by atomic mass is 19.1. The summed E-state index contributed by atoms with van der Waals surface area (Å²) in [6, 6.07) is 7.81. The number of carbonyl (C=O) groups is 2. The number of carbonyl (C=O) groups excluding carboxylic acids is 2. The minimum Gasteiger partial charge on any atom is -0.363 e. The molecule has 3 heterocycles. The average molecular weight is 342 g/mol. The zero-order chi connectivity index (χ0) is 17.4. The standard InChI is InChI=1S/C18H19FN4O2/c19-14-6-5-12(22-10-8-21-18(22)25)11-13(14)17(24)23-9-2-4-16(23)15-3-1-7-20-15/h1,3,5-7,11,16,20H,2,4,8-10H2,(H,21,25)/t16-/m0/s1. The highest BCUT2D eigenvalue weighted by molar-refractivity contribution is 5.99. The number of anilines is 1. The Morgan fingerprint density at radius 1 is 1.24 bits per heavy atom. The van der Waals surface area contributed by atoms with E-state index in [1.54, 1.807) is 4.90 Å². The number of aromatic amines is 1. The molecule has 2 aliphatic heterocycles. The van der Waals surface area contributed by atoms with Crippen LogP contribution in [0.4, 0.5) is 14.9 Å². The molecule has 6 nitrogen and oxygen atoms in total. The van der Waals surface area contributed by atoms with Gasteiger partial charge in [-0.15, -0.1) is 0 Å². The van der Waals surface area contributed by atoms with Gasteiger partial charge in [0, 0.05) is 37.2 Å². The summed E-state index contributed by atoms with van der Waals surface area (Å²) in [6.07, 6.45) is 3.55. The molecular weight excluding hydrogens is 323 g/mol. The summed E-state index contributed by atoms with van der Waals surface area (Å²) < 4.78 is 14.4. The van der Waals surface area contributed by atoms with Crippen LogP contribution in [0.1, 0.15) is 34.9 Å². The lowest BCUT2D eigenvalue weighted by atomic mass is 10.1. The zero-order valence-electron chi connectivity index (χ0n) is 13.7. The summed E-state index contributed by atoms with van der Waals surface area (Å²) in [5, 5.41) is 2.71. The van der Waals surface area contributed by atoms with Crippen molar-refractivity contribution >= 4 is 17.6 Å². The summed E-state index contributed by atoms with van der Waals surface area (Å²) in [7, 11) is 0. The smallest absolute Gasteiger partial charge is 0.321 e. The van der Waals surface area contributed by atoms with E-state index in [-0.39, 0.29) is 23.5 Å². The molecule has 3 amide bonds. The van der Waals surface area contributed by atoms with Gasteiger partial charge < -0.3 is 15.2 Å². The van der Waals surface area contributed by atoms with Crippen molar-refractivity contribution in [3.63, 3.8) is 0 Å². The summed E-state index contributed by atoms with van der Waals surface area (Å²) in [4.78, 5) is 31.2. The highest BCUT2D eigenvalue weighted by Crippen LogP contribution is 2.33. The first-order valence-corrected chi connectivity index (χ1v) is 8.44. The maximum absolute atomic E-state index is 14.4. The van der Waals surface area contributed by atoms with E-state index in [9.17, 15) is 14.0 Å². The molecular formula is C18H19FN4O2. The first-order chi connectivity index (χ1) is 12.1. The second-order valence-electron chi connectivity index (χ2n) is 6.33. The van der Waals surface area contributed by atoms with Crippen LogP contribution < -0.4 is 10.2 Å². The fourth-order valence-corrected chi connectivity index (χ4v) is 3.60. The van der Waals surface area contributed by atoms with Gasteiger partial charge in [0.05, 0.1) is 11.6 Å². The van der Waals surface area contributed by atoms with Gasteiger partial charge >= 0.3 is 6.03 Å². The van der Waals surface area contributed by atoms with Crippen LogP contribution in [-0.4, -0.2) is 41.5 Å². The number of halogens is 1. The van der Waals surface area contributed by atoms with Crippen molar-refractivity contribution in [1.29, 1.82) is 0 Å². The van der Waals surface area contributed by atoms with Gasteiger partial charge in [0.1, 0.15) is 5.82 Å². The van der Waals surface area contributed by atoms with Crippen LogP contribution in [0.5, 0.6) is 0 Å². The van der Waals surface area contributed by atoms with E-state index >= 15 is 0 Å². The summed E-state index contributed by atoms with van der Waals surface area (Å²) in [5.41, 5.74) is 1.51. The van der Waals surface area contributed by atoms with Gasteiger partial charge in [-0.25, -0.2) is 9.18 Å². The lowest BCUT2D eigenvalue weighted by molar-refractivity contribution is 0.0728. The van der Waals surface area contributed by atoms with Gasteiger partial charge in [-0.05, 0) is 43.2 Å². The van der Waals surface area contributed by atoms with E-state index in [0.717, 1.165) is 18.5 Å². The molecule has 2 saturated heterocycles. The minimum absolute atomic E-state index is 0.00987. The Labute approximate surface area is 144 Å². The lowest BCUT2D eigenvalue weighted by Crippen LogP contribution is -2.32. The monoisotopic (exact) mass is 342 g/mol. The average Bonchev–Trinajstić information content (AvgIpc) is 3.35. The first kappa shape index (κ1) is 15.7. The van der Waals surface area contributed by atoms with E-state index in [1.807, 2.05) is 18.3 Å². The van der Waals surface area contributed by atoms with Crippen LogP contribution in [0.2, 0.25) is 0 Å². The number of hydrogen-bond acceptors (Lipinski definition) is 2. The van der Waals surface area contributed by atoms with Crippen LogP contribution in [0.3, 0.4) is 0 Å². The van der Waals surface area contributed by atoms with E-state index in [2.05, 4.69) is 10.3 Å². The molecule has 1 aromatic heterocycles. The minimum atomic E-state index is -0.564. The number of amides is 3. The quantitative estimate of drug-likeness (QED) is 0.900. The van der Waals surface area contributed by atoms with E-state index < -0.39 is 5.82 Å². The SMILES string of the molecule is O=C1NCCN1c1ccc(F)c(C(=O)N2CCC[C@H]2c2ccc[nH]2)c1.